The Kier molecular flexibility index (Phi) is 5.20. The first kappa shape index (κ1) is 17.2. The second kappa shape index (κ2) is 7.54. The van der Waals surface area contributed by atoms with Crippen LogP contribution in [0.25, 0.3) is 6.08 Å². The summed E-state index contributed by atoms with van der Waals surface area (Å²) in [5, 5.41) is 12.1. The number of anilines is 1. The van der Waals surface area contributed by atoms with E-state index < -0.39 is 0 Å². The fourth-order valence-electron chi connectivity index (χ4n) is 2.22. The molecule has 128 valence electrons. The van der Waals surface area contributed by atoms with E-state index in [9.17, 15) is 14.7 Å². The van der Waals surface area contributed by atoms with Crippen molar-refractivity contribution in [3.05, 3.63) is 53.3 Å². The van der Waals surface area contributed by atoms with Gasteiger partial charge in [0.05, 0.1) is 11.2 Å². The minimum Gasteiger partial charge on any atom is -0.508 e. The van der Waals surface area contributed by atoms with Crippen LogP contribution in [0.1, 0.15) is 12.2 Å². The molecule has 1 aliphatic rings. The fourth-order valence-corrected chi connectivity index (χ4v) is 3.50. The molecule has 0 unspecified atom stereocenters. The van der Waals surface area contributed by atoms with Crippen molar-refractivity contribution in [3.63, 3.8) is 0 Å². The SMILES string of the molecule is O=C(CCN1C(=O)/C(=C\c2ccco2)SC1=S)Nc1cccc(O)c1. The van der Waals surface area contributed by atoms with Crippen molar-refractivity contribution in [2.45, 2.75) is 6.42 Å². The first-order chi connectivity index (χ1) is 12.0. The highest BCUT2D eigenvalue weighted by molar-refractivity contribution is 8.26. The fraction of sp³-hybridized carbons (Fsp3) is 0.118. The van der Waals surface area contributed by atoms with Crippen LogP contribution < -0.4 is 5.32 Å². The Morgan fingerprint density at radius 1 is 1.36 bits per heavy atom. The van der Waals surface area contributed by atoms with Gasteiger partial charge in [0.25, 0.3) is 5.91 Å². The van der Waals surface area contributed by atoms with Crippen molar-refractivity contribution < 1.29 is 19.1 Å². The molecule has 8 heteroatoms. The first-order valence-corrected chi connectivity index (χ1v) is 8.63. The normalized spacial score (nSPS) is 15.8. The summed E-state index contributed by atoms with van der Waals surface area (Å²) in [7, 11) is 0. The van der Waals surface area contributed by atoms with Crippen molar-refractivity contribution in [1.82, 2.24) is 4.90 Å². The molecular weight excluding hydrogens is 360 g/mol. The highest BCUT2D eigenvalue weighted by Crippen LogP contribution is 2.32. The van der Waals surface area contributed by atoms with Gasteiger partial charge in [0.2, 0.25) is 5.91 Å². The molecule has 3 rings (SSSR count). The lowest BCUT2D eigenvalue weighted by molar-refractivity contribution is -0.122. The number of carbonyl (C=O) groups is 2. The van der Waals surface area contributed by atoms with Crippen LogP contribution in [0.5, 0.6) is 5.75 Å². The smallest absolute Gasteiger partial charge is 0.266 e. The topological polar surface area (TPSA) is 82.8 Å². The predicted octanol–water partition coefficient (Wildman–Crippen LogP) is 3.22. The first-order valence-electron chi connectivity index (χ1n) is 7.41. The van der Waals surface area contributed by atoms with Crippen molar-refractivity contribution in [2.24, 2.45) is 0 Å². The minimum absolute atomic E-state index is 0.0674. The zero-order valence-electron chi connectivity index (χ0n) is 13.0. The maximum Gasteiger partial charge on any atom is 0.266 e. The summed E-state index contributed by atoms with van der Waals surface area (Å²) >= 11 is 6.40. The van der Waals surface area contributed by atoms with Crippen molar-refractivity contribution in [3.8, 4) is 5.75 Å². The molecule has 6 nitrogen and oxygen atoms in total. The van der Waals surface area contributed by atoms with E-state index in [0.29, 0.717) is 20.7 Å². The number of phenolic OH excluding ortho intramolecular Hbond substituents is 1. The van der Waals surface area contributed by atoms with Gasteiger partial charge >= 0.3 is 0 Å². The molecule has 0 bridgehead atoms. The zero-order valence-corrected chi connectivity index (χ0v) is 14.6. The van der Waals surface area contributed by atoms with E-state index >= 15 is 0 Å². The highest BCUT2D eigenvalue weighted by atomic mass is 32.2. The van der Waals surface area contributed by atoms with Gasteiger partial charge in [0.15, 0.2) is 0 Å². The van der Waals surface area contributed by atoms with Gasteiger partial charge in [-0.2, -0.15) is 0 Å². The van der Waals surface area contributed by atoms with Gasteiger partial charge in [0, 0.05) is 30.8 Å². The minimum atomic E-state index is -0.269. The van der Waals surface area contributed by atoms with Gasteiger partial charge in [-0.3, -0.25) is 14.5 Å². The molecule has 2 amide bonds. The standard InChI is InChI=1S/C17H14N2O4S2/c20-12-4-1-3-11(9-12)18-15(21)6-7-19-16(22)14(25-17(19)24)10-13-5-2-8-23-13/h1-5,8-10,20H,6-7H2,(H,18,21)/b14-10+. The van der Waals surface area contributed by atoms with Gasteiger partial charge in [-0.05, 0) is 24.3 Å². The maximum absolute atomic E-state index is 12.4. The summed E-state index contributed by atoms with van der Waals surface area (Å²) in [6.07, 6.45) is 3.25. The number of hydrogen-bond acceptors (Lipinski definition) is 6. The van der Waals surface area contributed by atoms with Gasteiger partial charge in [-0.15, -0.1) is 0 Å². The molecule has 1 aromatic carbocycles. The summed E-state index contributed by atoms with van der Waals surface area (Å²) in [4.78, 5) is 26.3. The average Bonchev–Trinajstić information content (AvgIpc) is 3.15. The summed E-state index contributed by atoms with van der Waals surface area (Å²) in [6.45, 7) is 0.185. The van der Waals surface area contributed by atoms with Crippen LogP contribution in [0, 0.1) is 0 Å². The number of aromatic hydroxyl groups is 1. The third kappa shape index (κ3) is 4.28. The second-order valence-corrected chi connectivity index (χ2v) is 6.87. The number of amides is 2. The maximum atomic E-state index is 12.4. The zero-order chi connectivity index (χ0) is 17.8. The summed E-state index contributed by atoms with van der Waals surface area (Å²) in [5.74, 6) is 0.131. The molecule has 2 heterocycles. The number of phenols is 1. The summed E-state index contributed by atoms with van der Waals surface area (Å²) in [6, 6.07) is 9.74. The van der Waals surface area contributed by atoms with Gasteiger partial charge in [0.1, 0.15) is 15.8 Å². The summed E-state index contributed by atoms with van der Waals surface area (Å²) in [5.41, 5.74) is 0.494. The molecule has 1 fully saturated rings. The van der Waals surface area contributed by atoms with E-state index in [1.54, 1.807) is 30.3 Å². The highest BCUT2D eigenvalue weighted by Gasteiger charge is 2.32. The van der Waals surface area contributed by atoms with Crippen LogP contribution in [-0.2, 0) is 9.59 Å². The number of hydrogen-bond donors (Lipinski definition) is 2. The quantitative estimate of drug-likeness (QED) is 0.618. The van der Waals surface area contributed by atoms with E-state index in [0.717, 1.165) is 0 Å². The van der Waals surface area contributed by atoms with E-state index in [1.807, 2.05) is 0 Å². The number of nitrogens with one attached hydrogen (secondary N) is 1. The Labute approximate surface area is 153 Å². The molecule has 25 heavy (non-hydrogen) atoms. The third-order valence-electron chi connectivity index (χ3n) is 3.38. The lowest BCUT2D eigenvalue weighted by Gasteiger charge is -2.14. The van der Waals surface area contributed by atoms with Gasteiger partial charge in [-0.1, -0.05) is 30.0 Å². The molecule has 0 aliphatic carbocycles. The van der Waals surface area contributed by atoms with E-state index in [-0.39, 0.29) is 30.5 Å². The van der Waals surface area contributed by atoms with Crippen molar-refractivity contribution in [1.29, 1.82) is 0 Å². The Morgan fingerprint density at radius 2 is 2.20 bits per heavy atom. The van der Waals surface area contributed by atoms with Crippen LogP contribution in [0.2, 0.25) is 0 Å². The molecule has 0 radical (unpaired) electrons. The largest absolute Gasteiger partial charge is 0.508 e. The number of thioether (sulfide) groups is 1. The Balaban J connectivity index is 1.58. The Morgan fingerprint density at radius 3 is 2.92 bits per heavy atom. The van der Waals surface area contributed by atoms with Crippen LogP contribution in [0.3, 0.4) is 0 Å². The van der Waals surface area contributed by atoms with Crippen molar-refractivity contribution >= 4 is 51.9 Å². The second-order valence-electron chi connectivity index (χ2n) is 5.20. The number of carbonyl (C=O) groups excluding carboxylic acids is 2. The monoisotopic (exact) mass is 374 g/mol. The lowest BCUT2D eigenvalue weighted by Crippen LogP contribution is -2.31. The number of furan rings is 1. The number of thiocarbonyl (C=S) groups is 1. The van der Waals surface area contributed by atoms with Crippen LogP contribution >= 0.6 is 24.0 Å². The molecule has 1 aliphatic heterocycles. The molecule has 2 N–H and O–H groups in total. The van der Waals surface area contributed by atoms with Crippen molar-refractivity contribution in [2.75, 3.05) is 11.9 Å². The van der Waals surface area contributed by atoms with E-state index in [2.05, 4.69) is 5.32 Å². The molecular formula is C17H14N2O4S2. The van der Waals surface area contributed by atoms with Crippen LogP contribution in [0.15, 0.2) is 52.0 Å². The molecule has 0 spiro atoms. The number of benzene rings is 1. The third-order valence-corrected chi connectivity index (χ3v) is 4.76. The lowest BCUT2D eigenvalue weighted by atomic mass is 10.3. The Bertz CT molecular complexity index is 846. The average molecular weight is 374 g/mol. The van der Waals surface area contributed by atoms with E-state index in [4.69, 9.17) is 16.6 Å². The molecule has 0 saturated carbocycles. The van der Waals surface area contributed by atoms with Gasteiger partial charge in [-0.25, -0.2) is 0 Å². The van der Waals surface area contributed by atoms with E-state index in [1.165, 1.54) is 35.1 Å². The molecule has 2 aromatic rings. The Hall–Kier alpha value is -2.58. The molecule has 1 saturated heterocycles. The molecule has 0 atom stereocenters. The number of nitrogens with zero attached hydrogens (tertiary/aromatic N) is 1. The summed E-state index contributed by atoms with van der Waals surface area (Å²) < 4.78 is 5.61. The predicted molar refractivity (Wildman–Crippen MR) is 99.9 cm³/mol. The number of rotatable bonds is 5. The van der Waals surface area contributed by atoms with Gasteiger partial charge < -0.3 is 14.8 Å². The molecule has 1 aromatic heterocycles. The van der Waals surface area contributed by atoms with Crippen LogP contribution in [-0.4, -0.2) is 32.7 Å². The van der Waals surface area contributed by atoms with Crippen LogP contribution in [0.4, 0.5) is 5.69 Å².